The number of para-hydroxylation sites is 1. The Kier molecular flexibility index (Phi) is 3.92. The molecule has 1 atom stereocenters. The summed E-state index contributed by atoms with van der Waals surface area (Å²) in [7, 11) is 0. The van der Waals surface area contributed by atoms with Crippen LogP contribution in [0.2, 0.25) is 0 Å². The number of amides is 1. The molecule has 1 aliphatic heterocycles. The Hall–Kier alpha value is -1.73. The molecule has 1 saturated carbocycles. The van der Waals surface area contributed by atoms with E-state index >= 15 is 0 Å². The van der Waals surface area contributed by atoms with Crippen LogP contribution in [0.5, 0.6) is 0 Å². The van der Waals surface area contributed by atoms with Gasteiger partial charge >= 0.3 is 0 Å². The molecule has 1 aliphatic carbocycles. The molecule has 126 valence electrons. The summed E-state index contributed by atoms with van der Waals surface area (Å²) < 4.78 is 6.36. The number of benzene rings is 1. The van der Waals surface area contributed by atoms with Crippen LogP contribution >= 0.6 is 15.9 Å². The molecule has 2 aliphatic rings. The van der Waals surface area contributed by atoms with Gasteiger partial charge in [-0.25, -0.2) is 0 Å². The van der Waals surface area contributed by atoms with Gasteiger partial charge in [0, 0.05) is 17.4 Å². The monoisotopic (exact) mass is 390 g/mol. The summed E-state index contributed by atoms with van der Waals surface area (Å²) in [6.07, 6.45) is 4.34. The summed E-state index contributed by atoms with van der Waals surface area (Å²) in [5.41, 5.74) is 6.79. The molecule has 24 heavy (non-hydrogen) atoms. The number of halogens is 1. The second kappa shape index (κ2) is 5.97. The molecule has 1 aromatic carbocycles. The summed E-state index contributed by atoms with van der Waals surface area (Å²) in [5.74, 6) is 1.08. The largest absolute Gasteiger partial charge is 0.339 e. The van der Waals surface area contributed by atoms with E-state index in [1.165, 1.54) is 0 Å². The third kappa shape index (κ3) is 2.65. The standard InChI is InChI=1S/C17H19BrN4O2/c18-12-5-1-2-6-13(12)22-10-11(9-14(22)23)15-20-16(21-24-15)17(19)7-3-4-8-17/h1-2,5-6,11H,3-4,7-10,19H2. The molecule has 1 unspecified atom stereocenters. The summed E-state index contributed by atoms with van der Waals surface area (Å²) >= 11 is 3.50. The van der Waals surface area contributed by atoms with E-state index in [1.807, 2.05) is 24.3 Å². The van der Waals surface area contributed by atoms with Gasteiger partial charge in [-0.3, -0.25) is 4.79 Å². The van der Waals surface area contributed by atoms with Crippen molar-refractivity contribution in [1.29, 1.82) is 0 Å². The van der Waals surface area contributed by atoms with Gasteiger partial charge in [0.15, 0.2) is 5.82 Å². The molecule has 0 bridgehead atoms. The Morgan fingerprint density at radius 2 is 2.04 bits per heavy atom. The van der Waals surface area contributed by atoms with Crippen molar-refractivity contribution >= 4 is 27.5 Å². The number of nitrogens with two attached hydrogens (primary N) is 1. The number of carbonyl (C=O) groups is 1. The molecule has 4 rings (SSSR count). The van der Waals surface area contributed by atoms with Crippen molar-refractivity contribution in [1.82, 2.24) is 10.1 Å². The number of hydrogen-bond acceptors (Lipinski definition) is 5. The van der Waals surface area contributed by atoms with Gasteiger partial charge in [-0.15, -0.1) is 0 Å². The average molecular weight is 391 g/mol. The fraction of sp³-hybridized carbons (Fsp3) is 0.471. The van der Waals surface area contributed by atoms with Crippen LogP contribution in [0.25, 0.3) is 0 Å². The van der Waals surface area contributed by atoms with Gasteiger partial charge in [-0.1, -0.05) is 30.1 Å². The van der Waals surface area contributed by atoms with Crippen LogP contribution in [-0.2, 0) is 10.3 Å². The average Bonchev–Trinajstić information content (AvgIpc) is 3.28. The molecular formula is C17H19BrN4O2. The third-order valence-corrected chi connectivity index (χ3v) is 5.67. The first kappa shape index (κ1) is 15.8. The number of anilines is 1. The minimum Gasteiger partial charge on any atom is -0.339 e. The fourth-order valence-electron chi connectivity index (χ4n) is 3.61. The smallest absolute Gasteiger partial charge is 0.232 e. The van der Waals surface area contributed by atoms with Crippen LogP contribution in [0, 0.1) is 0 Å². The lowest BCUT2D eigenvalue weighted by molar-refractivity contribution is -0.117. The van der Waals surface area contributed by atoms with Crippen molar-refractivity contribution in [2.45, 2.75) is 43.6 Å². The molecule has 1 amide bonds. The van der Waals surface area contributed by atoms with Crippen molar-refractivity contribution in [3.05, 3.63) is 40.5 Å². The predicted molar refractivity (Wildman–Crippen MR) is 92.5 cm³/mol. The maximum absolute atomic E-state index is 12.4. The number of nitrogens with zero attached hydrogens (tertiary/aromatic N) is 3. The molecule has 0 spiro atoms. The van der Waals surface area contributed by atoms with E-state index in [1.54, 1.807) is 4.90 Å². The third-order valence-electron chi connectivity index (χ3n) is 5.00. The first-order valence-electron chi connectivity index (χ1n) is 8.25. The molecule has 2 N–H and O–H groups in total. The van der Waals surface area contributed by atoms with Gasteiger partial charge in [0.2, 0.25) is 11.8 Å². The molecular weight excluding hydrogens is 372 g/mol. The number of carbonyl (C=O) groups excluding carboxylic acids is 1. The molecule has 2 aromatic rings. The van der Waals surface area contributed by atoms with E-state index in [0.717, 1.165) is 35.8 Å². The Labute approximate surface area is 148 Å². The van der Waals surface area contributed by atoms with Gasteiger partial charge in [0.05, 0.1) is 17.1 Å². The van der Waals surface area contributed by atoms with Crippen LogP contribution in [-0.4, -0.2) is 22.6 Å². The normalized spacial score (nSPS) is 23.2. The van der Waals surface area contributed by atoms with Gasteiger partial charge < -0.3 is 15.2 Å². The summed E-state index contributed by atoms with van der Waals surface area (Å²) in [5, 5.41) is 4.10. The molecule has 7 heteroatoms. The Morgan fingerprint density at radius 3 is 2.79 bits per heavy atom. The Bertz CT molecular complexity index is 769. The first-order valence-corrected chi connectivity index (χ1v) is 9.04. The topological polar surface area (TPSA) is 85.2 Å². The quantitative estimate of drug-likeness (QED) is 0.869. The highest BCUT2D eigenvalue weighted by molar-refractivity contribution is 9.10. The van der Waals surface area contributed by atoms with Gasteiger partial charge in [0.1, 0.15) is 0 Å². The van der Waals surface area contributed by atoms with Crippen molar-refractivity contribution in [3.63, 3.8) is 0 Å². The highest BCUT2D eigenvalue weighted by atomic mass is 79.9. The summed E-state index contributed by atoms with van der Waals surface area (Å²) in [4.78, 5) is 18.7. The number of aromatic nitrogens is 2. The Balaban J connectivity index is 1.55. The number of hydrogen-bond donors (Lipinski definition) is 1. The summed E-state index contributed by atoms with van der Waals surface area (Å²) in [6, 6.07) is 7.71. The van der Waals surface area contributed by atoms with Crippen LogP contribution in [0.1, 0.15) is 49.7 Å². The molecule has 0 radical (unpaired) electrons. The Morgan fingerprint density at radius 1 is 1.29 bits per heavy atom. The van der Waals surface area contributed by atoms with Gasteiger partial charge in [0.25, 0.3) is 0 Å². The fourth-order valence-corrected chi connectivity index (χ4v) is 4.11. The van der Waals surface area contributed by atoms with E-state index in [4.69, 9.17) is 10.3 Å². The van der Waals surface area contributed by atoms with Gasteiger partial charge in [-0.05, 0) is 40.9 Å². The van der Waals surface area contributed by atoms with Crippen LogP contribution < -0.4 is 10.6 Å². The zero-order valence-electron chi connectivity index (χ0n) is 13.2. The van der Waals surface area contributed by atoms with E-state index in [9.17, 15) is 4.79 Å². The lowest BCUT2D eigenvalue weighted by Crippen LogP contribution is -2.34. The zero-order chi connectivity index (χ0) is 16.7. The summed E-state index contributed by atoms with van der Waals surface area (Å²) in [6.45, 7) is 0.542. The van der Waals surface area contributed by atoms with Crippen LogP contribution in [0.4, 0.5) is 5.69 Å². The van der Waals surface area contributed by atoms with Crippen molar-refractivity contribution in [2.75, 3.05) is 11.4 Å². The first-order chi connectivity index (χ1) is 11.6. The van der Waals surface area contributed by atoms with E-state index in [2.05, 4.69) is 26.1 Å². The molecule has 1 aromatic heterocycles. The van der Waals surface area contributed by atoms with E-state index in [-0.39, 0.29) is 11.8 Å². The highest BCUT2D eigenvalue weighted by Crippen LogP contribution is 2.37. The molecule has 2 fully saturated rings. The van der Waals surface area contributed by atoms with Crippen molar-refractivity contribution in [2.24, 2.45) is 5.73 Å². The van der Waals surface area contributed by atoms with Crippen LogP contribution in [0.3, 0.4) is 0 Å². The van der Waals surface area contributed by atoms with E-state index < -0.39 is 5.54 Å². The molecule has 6 nitrogen and oxygen atoms in total. The second-order valence-corrected chi connectivity index (χ2v) is 7.53. The molecule has 2 heterocycles. The maximum atomic E-state index is 12.4. The zero-order valence-corrected chi connectivity index (χ0v) is 14.8. The molecule has 1 saturated heterocycles. The van der Waals surface area contributed by atoms with Crippen molar-refractivity contribution in [3.8, 4) is 0 Å². The minimum absolute atomic E-state index is 0.0648. The van der Waals surface area contributed by atoms with Crippen LogP contribution in [0.15, 0.2) is 33.3 Å². The lowest BCUT2D eigenvalue weighted by atomic mass is 9.98. The van der Waals surface area contributed by atoms with E-state index in [0.29, 0.717) is 24.7 Å². The SMILES string of the molecule is NC1(c2noc(C3CC(=O)N(c4ccccc4Br)C3)n2)CCCC1. The van der Waals surface area contributed by atoms with Crippen molar-refractivity contribution < 1.29 is 9.32 Å². The highest BCUT2D eigenvalue weighted by Gasteiger charge is 2.39. The number of rotatable bonds is 3. The predicted octanol–water partition coefficient (Wildman–Crippen LogP) is 3.08. The lowest BCUT2D eigenvalue weighted by Gasteiger charge is -2.18. The van der Waals surface area contributed by atoms with Gasteiger partial charge in [-0.2, -0.15) is 4.98 Å². The second-order valence-electron chi connectivity index (χ2n) is 6.68. The maximum Gasteiger partial charge on any atom is 0.232 e. The minimum atomic E-state index is -0.466.